The van der Waals surface area contributed by atoms with Crippen LogP contribution in [0.4, 0.5) is 5.69 Å². The molecule has 1 aromatic carbocycles. The molecule has 0 atom stereocenters. The lowest BCUT2D eigenvalue weighted by Crippen LogP contribution is -2.28. The summed E-state index contributed by atoms with van der Waals surface area (Å²) in [5.74, 6) is 0. The maximum Gasteiger partial charge on any atom is 0.0795 e. The molecule has 2 aromatic rings. The Bertz CT molecular complexity index is 465. The number of hydrogen-bond donors (Lipinski definition) is 0. The summed E-state index contributed by atoms with van der Waals surface area (Å²) in [5, 5.41) is 2.13. The second kappa shape index (κ2) is 4.26. The van der Waals surface area contributed by atoms with Crippen molar-refractivity contribution in [1.29, 1.82) is 0 Å². The Labute approximate surface area is 99.6 Å². The van der Waals surface area contributed by atoms with E-state index >= 15 is 0 Å². The van der Waals surface area contributed by atoms with Crippen LogP contribution in [0.2, 0.25) is 0 Å². The fourth-order valence-electron chi connectivity index (χ4n) is 2.22. The number of nitrogens with zero attached hydrogens (tertiary/aromatic N) is 2. The van der Waals surface area contributed by atoms with E-state index in [2.05, 4.69) is 33.5 Å². The van der Waals surface area contributed by atoms with Crippen molar-refractivity contribution in [2.24, 2.45) is 0 Å². The summed E-state index contributed by atoms with van der Waals surface area (Å²) in [7, 11) is 0. The third-order valence-corrected chi connectivity index (χ3v) is 3.62. The number of thiazole rings is 1. The molecule has 81 valence electrons. The Morgan fingerprint density at radius 1 is 1.50 bits per heavy atom. The molecule has 0 saturated heterocycles. The van der Waals surface area contributed by atoms with Crippen LogP contribution in [0.3, 0.4) is 0 Å². The second-order valence-electron chi connectivity index (χ2n) is 4.06. The fourth-order valence-corrected chi connectivity index (χ4v) is 2.77. The molecule has 0 fully saturated rings. The van der Waals surface area contributed by atoms with Gasteiger partial charge in [-0.3, -0.25) is 0 Å². The SMILES string of the molecule is [c]1ccc2c(c1)N(Cc1cscn1)CCC2. The molecule has 3 rings (SSSR count). The summed E-state index contributed by atoms with van der Waals surface area (Å²) in [4.78, 5) is 6.76. The van der Waals surface area contributed by atoms with E-state index in [1.807, 2.05) is 11.6 Å². The maximum atomic E-state index is 4.35. The van der Waals surface area contributed by atoms with Gasteiger partial charge in [-0.15, -0.1) is 11.3 Å². The van der Waals surface area contributed by atoms with Gasteiger partial charge in [-0.1, -0.05) is 12.1 Å². The molecule has 0 spiro atoms. The first-order valence-corrected chi connectivity index (χ1v) is 6.49. The number of aryl methyl sites for hydroxylation is 1. The van der Waals surface area contributed by atoms with Gasteiger partial charge in [0.05, 0.1) is 17.7 Å². The first kappa shape index (κ1) is 9.85. The molecule has 0 amide bonds. The molecule has 2 heterocycles. The molecule has 1 radical (unpaired) electrons. The predicted molar refractivity (Wildman–Crippen MR) is 66.8 cm³/mol. The highest BCUT2D eigenvalue weighted by molar-refractivity contribution is 7.07. The van der Waals surface area contributed by atoms with Crippen LogP contribution in [0.1, 0.15) is 17.7 Å². The van der Waals surface area contributed by atoms with Gasteiger partial charge in [-0.2, -0.15) is 0 Å². The van der Waals surface area contributed by atoms with Crippen LogP contribution >= 0.6 is 11.3 Å². The maximum absolute atomic E-state index is 4.35. The average Bonchev–Trinajstić information content (AvgIpc) is 2.82. The topological polar surface area (TPSA) is 16.1 Å². The highest BCUT2D eigenvalue weighted by atomic mass is 32.1. The Balaban J connectivity index is 1.87. The lowest BCUT2D eigenvalue weighted by Gasteiger charge is -2.30. The zero-order valence-electron chi connectivity index (χ0n) is 9.02. The second-order valence-corrected chi connectivity index (χ2v) is 4.78. The molecule has 1 aliphatic rings. The summed E-state index contributed by atoms with van der Waals surface area (Å²) < 4.78 is 0. The van der Waals surface area contributed by atoms with Gasteiger partial charge >= 0.3 is 0 Å². The lowest BCUT2D eigenvalue weighted by atomic mass is 10.0. The molecule has 1 aromatic heterocycles. The van der Waals surface area contributed by atoms with Gasteiger partial charge in [-0.25, -0.2) is 4.98 Å². The molecular formula is C13H13N2S. The third-order valence-electron chi connectivity index (χ3n) is 2.98. The van der Waals surface area contributed by atoms with Gasteiger partial charge in [0.25, 0.3) is 0 Å². The van der Waals surface area contributed by atoms with Crippen LogP contribution in [0.25, 0.3) is 0 Å². The third kappa shape index (κ3) is 1.83. The van der Waals surface area contributed by atoms with Crippen LogP contribution < -0.4 is 4.90 Å². The van der Waals surface area contributed by atoms with Gasteiger partial charge in [-0.05, 0) is 30.5 Å². The molecule has 0 N–H and O–H groups in total. The van der Waals surface area contributed by atoms with E-state index in [9.17, 15) is 0 Å². The van der Waals surface area contributed by atoms with Crippen molar-refractivity contribution in [3.05, 3.63) is 46.4 Å². The highest BCUT2D eigenvalue weighted by Gasteiger charge is 2.16. The van der Waals surface area contributed by atoms with E-state index in [0.29, 0.717) is 0 Å². The highest BCUT2D eigenvalue weighted by Crippen LogP contribution is 2.27. The molecular weight excluding hydrogens is 216 g/mol. The number of aromatic nitrogens is 1. The minimum absolute atomic E-state index is 0.925. The molecule has 0 saturated carbocycles. The van der Waals surface area contributed by atoms with Gasteiger partial charge in [0.2, 0.25) is 0 Å². The minimum atomic E-state index is 0.925. The van der Waals surface area contributed by atoms with Crippen LogP contribution in [0.5, 0.6) is 0 Å². The van der Waals surface area contributed by atoms with Crippen molar-refractivity contribution in [3.63, 3.8) is 0 Å². The summed E-state index contributed by atoms with van der Waals surface area (Å²) in [6, 6.07) is 9.46. The lowest BCUT2D eigenvalue weighted by molar-refractivity contribution is 0.685. The van der Waals surface area contributed by atoms with Gasteiger partial charge < -0.3 is 4.90 Å². The van der Waals surface area contributed by atoms with Gasteiger partial charge in [0.1, 0.15) is 0 Å². The zero-order chi connectivity index (χ0) is 10.8. The molecule has 16 heavy (non-hydrogen) atoms. The Kier molecular flexibility index (Phi) is 2.62. The monoisotopic (exact) mass is 229 g/mol. The van der Waals surface area contributed by atoms with Crippen LogP contribution in [-0.2, 0) is 13.0 Å². The van der Waals surface area contributed by atoms with E-state index in [0.717, 1.165) is 13.1 Å². The Morgan fingerprint density at radius 3 is 3.38 bits per heavy atom. The standard InChI is InChI=1S/C13H13N2S/c1-2-6-13-11(4-1)5-3-7-15(13)8-12-9-16-10-14-12/h1,4,6,9-10H,3,5,7-8H2. The normalized spacial score (nSPS) is 14.9. The smallest absolute Gasteiger partial charge is 0.0795 e. The summed E-state index contributed by atoms with van der Waals surface area (Å²) in [5.41, 5.74) is 5.85. The molecule has 1 aliphatic heterocycles. The number of rotatable bonds is 2. The Hall–Kier alpha value is -1.35. The first-order chi connectivity index (χ1) is 7.93. The number of benzene rings is 1. The fraction of sp³-hybridized carbons (Fsp3) is 0.308. The van der Waals surface area contributed by atoms with E-state index in [4.69, 9.17) is 0 Å². The van der Waals surface area contributed by atoms with E-state index in [1.165, 1.54) is 29.8 Å². The van der Waals surface area contributed by atoms with Crippen molar-refractivity contribution < 1.29 is 0 Å². The van der Waals surface area contributed by atoms with E-state index in [1.54, 1.807) is 11.3 Å². The molecule has 2 nitrogen and oxygen atoms in total. The predicted octanol–water partition coefficient (Wildman–Crippen LogP) is 2.90. The summed E-state index contributed by atoms with van der Waals surface area (Å²) >= 11 is 1.66. The number of anilines is 1. The van der Waals surface area contributed by atoms with Crippen LogP contribution in [0.15, 0.2) is 29.1 Å². The van der Waals surface area contributed by atoms with Crippen LogP contribution in [0, 0.1) is 6.07 Å². The average molecular weight is 229 g/mol. The number of hydrogen-bond acceptors (Lipinski definition) is 3. The summed E-state index contributed by atoms with van der Waals surface area (Å²) in [6.07, 6.45) is 2.43. The van der Waals surface area contributed by atoms with Crippen molar-refractivity contribution in [2.75, 3.05) is 11.4 Å². The van der Waals surface area contributed by atoms with Gasteiger partial charge in [0, 0.05) is 17.6 Å². The van der Waals surface area contributed by atoms with Crippen molar-refractivity contribution in [2.45, 2.75) is 19.4 Å². The van der Waals surface area contributed by atoms with E-state index < -0.39 is 0 Å². The molecule has 0 aliphatic carbocycles. The number of fused-ring (bicyclic) bond motifs is 1. The summed E-state index contributed by atoms with van der Waals surface area (Å²) in [6.45, 7) is 2.05. The van der Waals surface area contributed by atoms with Crippen LogP contribution in [-0.4, -0.2) is 11.5 Å². The largest absolute Gasteiger partial charge is 0.365 e. The Morgan fingerprint density at radius 2 is 2.50 bits per heavy atom. The minimum Gasteiger partial charge on any atom is -0.365 e. The quantitative estimate of drug-likeness (QED) is 0.787. The molecule has 0 unspecified atom stereocenters. The molecule has 0 bridgehead atoms. The van der Waals surface area contributed by atoms with E-state index in [-0.39, 0.29) is 0 Å². The van der Waals surface area contributed by atoms with Crippen molar-refractivity contribution in [1.82, 2.24) is 4.98 Å². The van der Waals surface area contributed by atoms with Crippen molar-refractivity contribution in [3.8, 4) is 0 Å². The molecule has 3 heteroatoms. The first-order valence-electron chi connectivity index (χ1n) is 5.54. The van der Waals surface area contributed by atoms with Crippen molar-refractivity contribution >= 4 is 17.0 Å². The van der Waals surface area contributed by atoms with Gasteiger partial charge in [0.15, 0.2) is 0 Å². The zero-order valence-corrected chi connectivity index (χ0v) is 9.83.